The molecule has 130 valence electrons. The molecule has 0 amide bonds. The van der Waals surface area contributed by atoms with E-state index in [4.69, 9.17) is 4.74 Å². The van der Waals surface area contributed by atoms with E-state index in [0.29, 0.717) is 34.2 Å². The fourth-order valence-corrected chi connectivity index (χ4v) is 4.29. The van der Waals surface area contributed by atoms with Crippen molar-refractivity contribution in [2.45, 2.75) is 53.3 Å². The van der Waals surface area contributed by atoms with Crippen LogP contribution in [-0.2, 0) is 5.75 Å². The standard InChI is InChI=1S/C15H18F2N4OS2/c1-22-12-8-10(6-7-13(12)24-14(16)17)9-23-15-18-19-20-21(15)11-4-2-3-5-11/h6-8,11,14H,2-5,9H2,1H3. The second-order valence-corrected chi connectivity index (χ2v) is 7.47. The number of alkyl halides is 2. The molecular formula is C15H18F2N4OS2. The van der Waals surface area contributed by atoms with Crippen LogP contribution in [0.5, 0.6) is 5.75 Å². The van der Waals surface area contributed by atoms with Crippen LogP contribution in [-0.4, -0.2) is 33.1 Å². The number of tetrazole rings is 1. The number of thioether (sulfide) groups is 2. The first-order valence-corrected chi connectivity index (χ1v) is 9.56. The molecule has 3 rings (SSSR count). The van der Waals surface area contributed by atoms with Crippen molar-refractivity contribution < 1.29 is 13.5 Å². The molecule has 1 fully saturated rings. The predicted octanol–water partition coefficient (Wildman–Crippen LogP) is 4.40. The van der Waals surface area contributed by atoms with Gasteiger partial charge in [0.15, 0.2) is 0 Å². The van der Waals surface area contributed by atoms with Gasteiger partial charge in [-0.05, 0) is 41.0 Å². The summed E-state index contributed by atoms with van der Waals surface area (Å²) in [5, 5.41) is 12.8. The second kappa shape index (κ2) is 8.15. The molecule has 1 aromatic carbocycles. The van der Waals surface area contributed by atoms with Gasteiger partial charge in [-0.3, -0.25) is 0 Å². The first-order valence-electron chi connectivity index (χ1n) is 7.69. The zero-order valence-corrected chi connectivity index (χ0v) is 14.8. The fourth-order valence-electron chi connectivity index (χ4n) is 2.80. The second-order valence-electron chi connectivity index (χ2n) is 5.50. The summed E-state index contributed by atoms with van der Waals surface area (Å²) in [4.78, 5) is 0.442. The molecule has 1 aromatic heterocycles. The third kappa shape index (κ3) is 4.18. The lowest BCUT2D eigenvalue weighted by atomic mass is 10.2. The van der Waals surface area contributed by atoms with Crippen LogP contribution in [0, 0.1) is 0 Å². The molecule has 0 atom stereocenters. The van der Waals surface area contributed by atoms with Crippen molar-refractivity contribution in [3.63, 3.8) is 0 Å². The normalized spacial score (nSPS) is 15.3. The predicted molar refractivity (Wildman–Crippen MR) is 89.7 cm³/mol. The van der Waals surface area contributed by atoms with Crippen molar-refractivity contribution in [3.05, 3.63) is 23.8 Å². The quantitative estimate of drug-likeness (QED) is 0.671. The van der Waals surface area contributed by atoms with Gasteiger partial charge in [0.2, 0.25) is 5.16 Å². The van der Waals surface area contributed by atoms with Crippen LogP contribution in [0.1, 0.15) is 37.3 Å². The van der Waals surface area contributed by atoms with Crippen molar-refractivity contribution in [2.24, 2.45) is 0 Å². The zero-order valence-electron chi connectivity index (χ0n) is 13.2. The van der Waals surface area contributed by atoms with Crippen LogP contribution < -0.4 is 4.74 Å². The van der Waals surface area contributed by atoms with Gasteiger partial charge in [0.25, 0.3) is 5.76 Å². The number of ether oxygens (including phenoxy) is 1. The van der Waals surface area contributed by atoms with Gasteiger partial charge in [-0.1, -0.05) is 42.4 Å². The van der Waals surface area contributed by atoms with Gasteiger partial charge in [-0.25, -0.2) is 4.68 Å². The highest BCUT2D eigenvalue weighted by atomic mass is 32.2. The Morgan fingerprint density at radius 1 is 1.33 bits per heavy atom. The Morgan fingerprint density at radius 2 is 2.12 bits per heavy atom. The van der Waals surface area contributed by atoms with Gasteiger partial charge in [-0.2, -0.15) is 8.78 Å². The number of nitrogens with zero attached hydrogens (tertiary/aromatic N) is 4. The lowest BCUT2D eigenvalue weighted by Gasteiger charge is -2.12. The van der Waals surface area contributed by atoms with Crippen molar-refractivity contribution in [3.8, 4) is 5.75 Å². The van der Waals surface area contributed by atoms with Crippen LogP contribution in [0.4, 0.5) is 8.78 Å². The summed E-state index contributed by atoms with van der Waals surface area (Å²) in [6.45, 7) is 0. The zero-order chi connectivity index (χ0) is 16.9. The smallest absolute Gasteiger partial charge is 0.289 e. The molecular weight excluding hydrogens is 354 g/mol. The van der Waals surface area contributed by atoms with E-state index < -0.39 is 5.76 Å². The Kier molecular flexibility index (Phi) is 5.94. The summed E-state index contributed by atoms with van der Waals surface area (Å²) < 4.78 is 32.2. The molecule has 0 aliphatic heterocycles. The minimum atomic E-state index is -2.46. The maximum atomic E-state index is 12.5. The summed E-state index contributed by atoms with van der Waals surface area (Å²) in [6, 6.07) is 5.69. The van der Waals surface area contributed by atoms with Crippen molar-refractivity contribution in [1.29, 1.82) is 0 Å². The Morgan fingerprint density at radius 3 is 2.83 bits per heavy atom. The molecule has 5 nitrogen and oxygen atoms in total. The van der Waals surface area contributed by atoms with E-state index in [-0.39, 0.29) is 0 Å². The van der Waals surface area contributed by atoms with Gasteiger partial charge in [0.1, 0.15) is 5.75 Å². The van der Waals surface area contributed by atoms with E-state index in [2.05, 4.69) is 15.5 Å². The van der Waals surface area contributed by atoms with Crippen molar-refractivity contribution in [2.75, 3.05) is 7.11 Å². The van der Waals surface area contributed by atoms with Gasteiger partial charge in [-0.15, -0.1) is 5.10 Å². The third-order valence-corrected chi connectivity index (χ3v) is 5.72. The Balaban J connectivity index is 1.67. The molecule has 0 unspecified atom stereocenters. The molecule has 1 aliphatic rings. The van der Waals surface area contributed by atoms with E-state index >= 15 is 0 Å². The highest BCUT2D eigenvalue weighted by Crippen LogP contribution is 2.36. The molecule has 0 spiro atoms. The minimum Gasteiger partial charge on any atom is -0.496 e. The minimum absolute atomic E-state index is 0.391. The van der Waals surface area contributed by atoms with Crippen LogP contribution >= 0.6 is 23.5 Å². The van der Waals surface area contributed by atoms with E-state index in [9.17, 15) is 8.78 Å². The lowest BCUT2D eigenvalue weighted by molar-refractivity contribution is 0.251. The molecule has 1 saturated carbocycles. The monoisotopic (exact) mass is 372 g/mol. The average molecular weight is 372 g/mol. The van der Waals surface area contributed by atoms with Gasteiger partial charge < -0.3 is 4.74 Å². The Bertz CT molecular complexity index is 677. The van der Waals surface area contributed by atoms with Crippen molar-refractivity contribution >= 4 is 23.5 Å². The number of hydrogen-bond acceptors (Lipinski definition) is 6. The number of aromatic nitrogens is 4. The number of halogens is 2. The summed E-state index contributed by atoms with van der Waals surface area (Å²) in [5.41, 5.74) is 0.983. The van der Waals surface area contributed by atoms with Crippen LogP contribution in [0.15, 0.2) is 28.3 Å². The topological polar surface area (TPSA) is 52.8 Å². The molecule has 1 heterocycles. The molecule has 1 aliphatic carbocycles. The highest BCUT2D eigenvalue weighted by molar-refractivity contribution is 7.99. The molecule has 24 heavy (non-hydrogen) atoms. The number of hydrogen-bond donors (Lipinski definition) is 0. The summed E-state index contributed by atoms with van der Waals surface area (Å²) in [6.07, 6.45) is 4.67. The lowest BCUT2D eigenvalue weighted by Crippen LogP contribution is -2.08. The van der Waals surface area contributed by atoms with E-state index in [0.717, 1.165) is 23.6 Å². The van der Waals surface area contributed by atoms with Gasteiger partial charge >= 0.3 is 0 Å². The molecule has 2 aromatic rings. The van der Waals surface area contributed by atoms with E-state index in [1.54, 1.807) is 23.9 Å². The van der Waals surface area contributed by atoms with E-state index in [1.807, 2.05) is 10.7 Å². The van der Waals surface area contributed by atoms with Gasteiger partial charge in [0, 0.05) is 5.75 Å². The summed E-state index contributed by atoms with van der Waals surface area (Å²) >= 11 is 2.04. The Hall–Kier alpha value is -1.35. The van der Waals surface area contributed by atoms with Crippen LogP contribution in [0.25, 0.3) is 0 Å². The van der Waals surface area contributed by atoms with Crippen LogP contribution in [0.3, 0.4) is 0 Å². The summed E-state index contributed by atoms with van der Waals surface area (Å²) in [7, 11) is 1.49. The first-order chi connectivity index (χ1) is 11.7. The highest BCUT2D eigenvalue weighted by Gasteiger charge is 2.21. The third-order valence-electron chi connectivity index (χ3n) is 3.95. The number of benzene rings is 1. The molecule has 0 saturated heterocycles. The maximum Gasteiger partial charge on any atom is 0.289 e. The first kappa shape index (κ1) is 17.5. The van der Waals surface area contributed by atoms with Crippen molar-refractivity contribution in [1.82, 2.24) is 20.2 Å². The number of methoxy groups -OCH3 is 1. The SMILES string of the molecule is COc1cc(CSc2nnnn2C2CCCC2)ccc1SC(F)F. The number of rotatable bonds is 7. The Labute approximate surface area is 147 Å². The molecule has 0 radical (unpaired) electrons. The van der Waals surface area contributed by atoms with E-state index in [1.165, 1.54) is 20.0 Å². The van der Waals surface area contributed by atoms with Gasteiger partial charge in [0.05, 0.1) is 18.0 Å². The molecule has 9 heteroatoms. The fraction of sp³-hybridized carbons (Fsp3) is 0.533. The molecule has 0 N–H and O–H groups in total. The summed E-state index contributed by atoms with van der Waals surface area (Å²) in [5.74, 6) is -1.34. The molecule has 0 bridgehead atoms. The maximum absolute atomic E-state index is 12.5. The average Bonchev–Trinajstić information content (AvgIpc) is 3.24. The van der Waals surface area contributed by atoms with Crippen LogP contribution in [0.2, 0.25) is 0 Å². The largest absolute Gasteiger partial charge is 0.496 e.